The smallest absolute Gasteiger partial charge is 0.335 e. The van der Waals surface area contributed by atoms with Gasteiger partial charge in [-0.15, -0.1) is 0 Å². The molecule has 6 nitrogen and oxygen atoms in total. The van der Waals surface area contributed by atoms with Gasteiger partial charge in [-0.05, 0) is 66.9 Å². The van der Waals surface area contributed by atoms with Gasteiger partial charge >= 0.3 is 5.97 Å². The number of carboxylic acids is 1. The van der Waals surface area contributed by atoms with Crippen molar-refractivity contribution in [3.05, 3.63) is 101 Å². The first-order chi connectivity index (χ1) is 17.5. The van der Waals surface area contributed by atoms with Gasteiger partial charge in [0.15, 0.2) is 0 Å². The number of hydrogen-bond donors (Lipinski definition) is 1. The SMILES string of the molecule is COc1cccc(C2CN(Cc3ccccc3)C(=O)C23CCN(Cc2cccc(C(=O)O)c2)CC3)c1. The molecule has 3 aromatic carbocycles. The molecule has 186 valence electrons. The van der Waals surface area contributed by atoms with Gasteiger partial charge in [0.1, 0.15) is 5.75 Å². The lowest BCUT2D eigenvalue weighted by Gasteiger charge is -2.41. The first-order valence-electron chi connectivity index (χ1n) is 12.5. The number of rotatable bonds is 7. The molecular weight excluding hydrogens is 452 g/mol. The average Bonchev–Trinajstić information content (AvgIpc) is 3.17. The maximum absolute atomic E-state index is 14.0. The Morgan fingerprint density at radius 3 is 2.39 bits per heavy atom. The third kappa shape index (κ3) is 4.73. The van der Waals surface area contributed by atoms with Gasteiger partial charge in [-0.25, -0.2) is 4.79 Å². The van der Waals surface area contributed by atoms with Crippen molar-refractivity contribution in [3.63, 3.8) is 0 Å². The molecule has 6 heteroatoms. The second-order valence-electron chi connectivity index (χ2n) is 9.94. The largest absolute Gasteiger partial charge is 0.497 e. The quantitative estimate of drug-likeness (QED) is 0.522. The van der Waals surface area contributed by atoms with E-state index in [2.05, 4.69) is 29.2 Å². The van der Waals surface area contributed by atoms with Crippen molar-refractivity contribution in [2.75, 3.05) is 26.7 Å². The van der Waals surface area contributed by atoms with E-state index in [9.17, 15) is 14.7 Å². The van der Waals surface area contributed by atoms with E-state index in [-0.39, 0.29) is 11.8 Å². The minimum atomic E-state index is -0.911. The molecule has 2 fully saturated rings. The number of carbonyl (C=O) groups is 2. The summed E-state index contributed by atoms with van der Waals surface area (Å²) in [6.07, 6.45) is 1.55. The van der Waals surface area contributed by atoms with Gasteiger partial charge < -0.3 is 14.7 Å². The number of carbonyl (C=O) groups excluding carboxylic acids is 1. The predicted octanol–water partition coefficient (Wildman–Crippen LogP) is 4.80. The number of piperidine rings is 1. The van der Waals surface area contributed by atoms with E-state index in [0.29, 0.717) is 25.2 Å². The summed E-state index contributed by atoms with van der Waals surface area (Å²) < 4.78 is 5.50. The number of ether oxygens (including phenoxy) is 1. The number of benzene rings is 3. The van der Waals surface area contributed by atoms with Crippen LogP contribution >= 0.6 is 0 Å². The highest BCUT2D eigenvalue weighted by Gasteiger charge is 2.55. The van der Waals surface area contributed by atoms with E-state index in [1.807, 2.05) is 41.3 Å². The topological polar surface area (TPSA) is 70.1 Å². The average molecular weight is 485 g/mol. The fourth-order valence-corrected chi connectivity index (χ4v) is 5.90. The third-order valence-corrected chi connectivity index (χ3v) is 7.82. The summed E-state index contributed by atoms with van der Waals surface area (Å²) in [6.45, 7) is 3.59. The zero-order chi connectivity index (χ0) is 25.1. The summed E-state index contributed by atoms with van der Waals surface area (Å²) in [5.74, 6) is 0.242. The van der Waals surface area contributed by atoms with Crippen molar-refractivity contribution in [2.45, 2.75) is 31.8 Å². The molecule has 2 saturated heterocycles. The van der Waals surface area contributed by atoms with E-state index >= 15 is 0 Å². The molecule has 1 atom stereocenters. The maximum atomic E-state index is 14.0. The van der Waals surface area contributed by atoms with E-state index in [1.54, 1.807) is 25.3 Å². The molecule has 5 rings (SSSR count). The second kappa shape index (κ2) is 10.2. The zero-order valence-corrected chi connectivity index (χ0v) is 20.6. The van der Waals surface area contributed by atoms with Crippen LogP contribution in [-0.2, 0) is 17.9 Å². The lowest BCUT2D eigenvalue weighted by atomic mass is 9.68. The molecule has 2 heterocycles. The Morgan fingerprint density at radius 2 is 1.67 bits per heavy atom. The van der Waals surface area contributed by atoms with Crippen molar-refractivity contribution in [1.82, 2.24) is 9.80 Å². The van der Waals surface area contributed by atoms with Gasteiger partial charge in [0, 0.05) is 25.6 Å². The molecule has 1 unspecified atom stereocenters. The van der Waals surface area contributed by atoms with Crippen molar-refractivity contribution in [2.24, 2.45) is 5.41 Å². The first kappa shape index (κ1) is 24.1. The highest BCUT2D eigenvalue weighted by atomic mass is 16.5. The number of carboxylic acid groups (broad SMARTS) is 1. The van der Waals surface area contributed by atoms with Crippen LogP contribution in [-0.4, -0.2) is 53.5 Å². The van der Waals surface area contributed by atoms with Gasteiger partial charge in [-0.3, -0.25) is 9.69 Å². The van der Waals surface area contributed by atoms with Crippen LogP contribution in [0.5, 0.6) is 5.75 Å². The minimum absolute atomic E-state index is 0.0984. The van der Waals surface area contributed by atoms with Crippen LogP contribution in [0.2, 0.25) is 0 Å². The van der Waals surface area contributed by atoms with Gasteiger partial charge in [-0.1, -0.05) is 54.6 Å². The van der Waals surface area contributed by atoms with Gasteiger partial charge in [0.25, 0.3) is 0 Å². The lowest BCUT2D eigenvalue weighted by molar-refractivity contribution is -0.139. The molecule has 0 saturated carbocycles. The molecule has 0 aliphatic carbocycles. The first-order valence-corrected chi connectivity index (χ1v) is 12.5. The molecule has 3 aromatic rings. The predicted molar refractivity (Wildman–Crippen MR) is 138 cm³/mol. The normalized spacial score (nSPS) is 19.5. The second-order valence-corrected chi connectivity index (χ2v) is 9.94. The van der Waals surface area contributed by atoms with Crippen molar-refractivity contribution in [3.8, 4) is 5.75 Å². The number of methoxy groups -OCH3 is 1. The summed E-state index contributed by atoms with van der Waals surface area (Å²) >= 11 is 0. The van der Waals surface area contributed by atoms with Gasteiger partial charge in [-0.2, -0.15) is 0 Å². The summed E-state index contributed by atoms with van der Waals surface area (Å²) in [7, 11) is 1.67. The maximum Gasteiger partial charge on any atom is 0.335 e. The Kier molecular flexibility index (Phi) is 6.79. The van der Waals surface area contributed by atoms with Crippen LogP contribution in [0.4, 0.5) is 0 Å². The summed E-state index contributed by atoms with van der Waals surface area (Å²) in [5.41, 5.74) is 3.14. The Morgan fingerprint density at radius 1 is 0.944 bits per heavy atom. The number of nitrogens with zero attached hydrogens (tertiary/aromatic N) is 2. The molecule has 0 aromatic heterocycles. The van der Waals surface area contributed by atoms with Crippen molar-refractivity contribution in [1.29, 1.82) is 0 Å². The van der Waals surface area contributed by atoms with Crippen LogP contribution in [0, 0.1) is 5.41 Å². The summed E-state index contributed by atoms with van der Waals surface area (Å²) in [5, 5.41) is 9.32. The summed E-state index contributed by atoms with van der Waals surface area (Å²) in [4.78, 5) is 29.8. The van der Waals surface area contributed by atoms with E-state index in [0.717, 1.165) is 48.4 Å². The third-order valence-electron chi connectivity index (χ3n) is 7.82. The highest BCUT2D eigenvalue weighted by molar-refractivity contribution is 5.88. The Bertz CT molecular complexity index is 1230. The van der Waals surface area contributed by atoms with Crippen LogP contribution in [0.1, 0.15) is 45.8 Å². The monoisotopic (exact) mass is 484 g/mol. The number of hydrogen-bond acceptors (Lipinski definition) is 4. The van der Waals surface area contributed by atoms with Crippen molar-refractivity contribution >= 4 is 11.9 Å². The number of likely N-dealkylation sites (tertiary alicyclic amines) is 2. The van der Waals surface area contributed by atoms with Gasteiger partial charge in [0.05, 0.1) is 18.1 Å². The lowest BCUT2D eigenvalue weighted by Crippen LogP contribution is -2.46. The molecule has 1 spiro atoms. The molecule has 0 radical (unpaired) electrons. The molecule has 1 amide bonds. The molecule has 2 aliphatic rings. The molecule has 36 heavy (non-hydrogen) atoms. The Labute approximate surface area is 212 Å². The minimum Gasteiger partial charge on any atom is -0.497 e. The van der Waals surface area contributed by atoms with Crippen molar-refractivity contribution < 1.29 is 19.4 Å². The fourth-order valence-electron chi connectivity index (χ4n) is 5.90. The molecule has 1 N–H and O–H groups in total. The van der Waals surface area contributed by atoms with Crippen LogP contribution in [0.3, 0.4) is 0 Å². The molecule has 0 bridgehead atoms. The van der Waals surface area contributed by atoms with E-state index < -0.39 is 11.4 Å². The van der Waals surface area contributed by atoms with E-state index in [4.69, 9.17) is 4.74 Å². The van der Waals surface area contributed by atoms with E-state index in [1.165, 1.54) is 0 Å². The van der Waals surface area contributed by atoms with Crippen LogP contribution in [0.25, 0.3) is 0 Å². The Hall–Kier alpha value is -3.64. The van der Waals surface area contributed by atoms with Crippen LogP contribution < -0.4 is 4.74 Å². The Balaban J connectivity index is 1.38. The standard InChI is InChI=1S/C30H32N2O4/c1-36-26-12-6-10-24(18-26)27-21-32(20-22-7-3-2-4-8-22)29(35)30(27)13-15-31(16-14-30)19-23-9-5-11-25(17-23)28(33)34/h2-12,17-18,27H,13-16,19-21H2,1H3,(H,33,34). The number of aromatic carboxylic acids is 1. The van der Waals surface area contributed by atoms with Gasteiger partial charge in [0.2, 0.25) is 5.91 Å². The summed E-state index contributed by atoms with van der Waals surface area (Å²) in [6, 6.07) is 25.5. The zero-order valence-electron chi connectivity index (χ0n) is 20.6. The number of amides is 1. The molecular formula is C30H32N2O4. The van der Waals surface area contributed by atoms with Crippen LogP contribution in [0.15, 0.2) is 78.9 Å². The highest BCUT2D eigenvalue weighted by Crippen LogP contribution is 2.51. The molecule has 2 aliphatic heterocycles. The fraction of sp³-hybridized carbons (Fsp3) is 0.333.